The van der Waals surface area contributed by atoms with E-state index in [4.69, 9.17) is 28.6 Å². The van der Waals surface area contributed by atoms with Gasteiger partial charge in [0.05, 0.1) is 4.88 Å². The topological polar surface area (TPSA) is 71.5 Å². The molecule has 0 spiro atoms. The molecule has 0 unspecified atom stereocenters. The summed E-state index contributed by atoms with van der Waals surface area (Å²) in [7, 11) is 0. The number of thiazole rings is 1. The lowest BCUT2D eigenvalue weighted by molar-refractivity contribution is -0.128. The number of thiocarbonyl (C=S) groups is 1. The van der Waals surface area contributed by atoms with Crippen molar-refractivity contribution in [3.05, 3.63) is 63.6 Å². The largest absolute Gasteiger partial charge is 0.488 e. The predicted molar refractivity (Wildman–Crippen MR) is 109 cm³/mol. The van der Waals surface area contributed by atoms with E-state index in [1.165, 1.54) is 22.3 Å². The molecule has 1 fully saturated rings. The summed E-state index contributed by atoms with van der Waals surface area (Å²) < 4.78 is 6.13. The van der Waals surface area contributed by atoms with Gasteiger partial charge >= 0.3 is 0 Å². The van der Waals surface area contributed by atoms with Crippen LogP contribution < -0.4 is 10.1 Å². The molecule has 138 valence electrons. The minimum atomic E-state index is -0.521. The van der Waals surface area contributed by atoms with Crippen LogP contribution in [0.2, 0.25) is 4.47 Å². The van der Waals surface area contributed by atoms with Gasteiger partial charge in [-0.1, -0.05) is 29.8 Å². The lowest BCUT2D eigenvalue weighted by atomic mass is 10.1. The van der Waals surface area contributed by atoms with Crippen molar-refractivity contribution in [1.29, 1.82) is 0 Å². The summed E-state index contributed by atoms with van der Waals surface area (Å²) in [5, 5.41) is 2.59. The smallest absolute Gasteiger partial charge is 0.265 e. The van der Waals surface area contributed by atoms with Crippen LogP contribution in [-0.4, -0.2) is 33.4 Å². The molecule has 27 heavy (non-hydrogen) atoms. The first-order chi connectivity index (χ1) is 13.0. The Hall–Kier alpha value is -2.55. The van der Waals surface area contributed by atoms with Crippen LogP contribution in [0, 0.1) is 0 Å². The van der Waals surface area contributed by atoms with E-state index >= 15 is 0 Å². The molecular weight excluding hydrogens is 406 g/mol. The second kappa shape index (κ2) is 8.43. The van der Waals surface area contributed by atoms with Crippen LogP contribution in [0.25, 0.3) is 6.08 Å². The van der Waals surface area contributed by atoms with E-state index < -0.39 is 11.8 Å². The summed E-state index contributed by atoms with van der Waals surface area (Å²) in [4.78, 5) is 30.8. The van der Waals surface area contributed by atoms with Gasteiger partial charge in [-0.2, -0.15) is 0 Å². The average Bonchev–Trinajstić information content (AvgIpc) is 3.07. The van der Waals surface area contributed by atoms with Gasteiger partial charge in [-0.3, -0.25) is 19.8 Å². The quantitative estimate of drug-likeness (QED) is 0.337. The number of hydrogen-bond acceptors (Lipinski definition) is 6. The van der Waals surface area contributed by atoms with E-state index in [1.54, 1.807) is 36.5 Å². The van der Waals surface area contributed by atoms with Crippen LogP contribution in [0.3, 0.4) is 0 Å². The Morgan fingerprint density at radius 3 is 2.70 bits per heavy atom. The van der Waals surface area contributed by atoms with Crippen molar-refractivity contribution in [3.63, 3.8) is 0 Å². The highest BCUT2D eigenvalue weighted by Crippen LogP contribution is 2.21. The maximum atomic E-state index is 12.5. The first-order valence-electron chi connectivity index (χ1n) is 7.81. The SMILES string of the molecule is C=CCN1C(=O)/C(=C/c2ccc(OCc3cnc(Cl)s3)cc2)C(=O)NC1=S. The van der Waals surface area contributed by atoms with Crippen LogP contribution in [0.4, 0.5) is 0 Å². The molecule has 1 aliphatic heterocycles. The highest BCUT2D eigenvalue weighted by molar-refractivity contribution is 7.80. The van der Waals surface area contributed by atoms with Gasteiger partial charge < -0.3 is 4.74 Å². The molecule has 0 saturated carbocycles. The maximum Gasteiger partial charge on any atom is 0.265 e. The van der Waals surface area contributed by atoms with E-state index in [0.717, 1.165) is 4.88 Å². The second-order valence-corrected chi connectivity index (χ2v) is 7.54. The summed E-state index contributed by atoms with van der Waals surface area (Å²) in [6, 6.07) is 7.03. The summed E-state index contributed by atoms with van der Waals surface area (Å²) >= 11 is 12.2. The number of carbonyl (C=O) groups is 2. The first-order valence-corrected chi connectivity index (χ1v) is 9.41. The standard InChI is InChI=1S/C18H14ClN3O3S2/c1-2-7-22-16(24)14(15(23)21-18(22)26)8-11-3-5-12(6-4-11)25-10-13-9-20-17(19)27-13/h2-6,8-9H,1,7,10H2,(H,21,23,26)/b14-8+. The number of ether oxygens (including phenoxy) is 1. The third-order valence-corrected chi connectivity index (χ3v) is 5.01. The molecule has 2 aromatic rings. The fraction of sp³-hybridized carbons (Fsp3) is 0.111. The van der Waals surface area contributed by atoms with Crippen LogP contribution in [0.5, 0.6) is 5.75 Å². The second-order valence-electron chi connectivity index (χ2n) is 5.46. The van der Waals surface area contributed by atoms with Crippen molar-refractivity contribution in [2.75, 3.05) is 6.54 Å². The molecule has 1 aromatic carbocycles. The van der Waals surface area contributed by atoms with Gasteiger partial charge in [-0.05, 0) is 36.0 Å². The summed E-state index contributed by atoms with van der Waals surface area (Å²) in [5.74, 6) is -0.325. The Bertz CT molecular complexity index is 938. The molecule has 1 saturated heterocycles. The number of amides is 2. The lowest BCUT2D eigenvalue weighted by Gasteiger charge is -2.27. The number of nitrogens with zero attached hydrogens (tertiary/aromatic N) is 2. The Balaban J connectivity index is 1.72. The number of halogens is 1. The summed E-state index contributed by atoms with van der Waals surface area (Å²) in [5.41, 5.74) is 0.700. The lowest BCUT2D eigenvalue weighted by Crippen LogP contribution is -2.53. The minimum absolute atomic E-state index is 0.0124. The van der Waals surface area contributed by atoms with E-state index in [-0.39, 0.29) is 17.2 Å². The normalized spacial score (nSPS) is 15.8. The van der Waals surface area contributed by atoms with Crippen molar-refractivity contribution in [1.82, 2.24) is 15.2 Å². The fourth-order valence-electron chi connectivity index (χ4n) is 2.32. The number of nitrogens with one attached hydrogen (secondary N) is 1. The zero-order valence-electron chi connectivity index (χ0n) is 14.0. The van der Waals surface area contributed by atoms with Crippen LogP contribution >= 0.6 is 35.2 Å². The van der Waals surface area contributed by atoms with Crippen molar-refractivity contribution >= 4 is 58.2 Å². The number of hydrogen-bond donors (Lipinski definition) is 1. The molecule has 1 aliphatic rings. The third kappa shape index (κ3) is 4.60. The Kier molecular flexibility index (Phi) is 6.00. The van der Waals surface area contributed by atoms with Crippen LogP contribution in [0.15, 0.2) is 48.7 Å². The Labute approximate surface area is 170 Å². The van der Waals surface area contributed by atoms with Crippen molar-refractivity contribution in [3.8, 4) is 5.75 Å². The molecule has 2 amide bonds. The van der Waals surface area contributed by atoms with Crippen LogP contribution in [0.1, 0.15) is 10.4 Å². The van der Waals surface area contributed by atoms with Gasteiger partial charge in [0, 0.05) is 12.7 Å². The Morgan fingerprint density at radius 2 is 2.07 bits per heavy atom. The predicted octanol–water partition coefficient (Wildman–Crippen LogP) is 3.19. The van der Waals surface area contributed by atoms with E-state index in [2.05, 4.69) is 16.9 Å². The maximum absolute atomic E-state index is 12.5. The molecule has 0 radical (unpaired) electrons. The first kappa shape index (κ1) is 19.2. The van der Waals surface area contributed by atoms with Crippen molar-refractivity contribution < 1.29 is 14.3 Å². The summed E-state index contributed by atoms with van der Waals surface area (Å²) in [6.07, 6.45) is 4.72. The van der Waals surface area contributed by atoms with Gasteiger partial charge in [0.1, 0.15) is 17.9 Å². The average molecular weight is 420 g/mol. The molecule has 1 N–H and O–H groups in total. The molecule has 0 bridgehead atoms. The molecule has 6 nitrogen and oxygen atoms in total. The van der Waals surface area contributed by atoms with Crippen LogP contribution in [-0.2, 0) is 16.2 Å². The zero-order chi connectivity index (χ0) is 19.4. The zero-order valence-corrected chi connectivity index (χ0v) is 16.4. The fourth-order valence-corrected chi connectivity index (χ4v) is 3.46. The molecule has 0 atom stereocenters. The van der Waals surface area contributed by atoms with Gasteiger partial charge in [-0.25, -0.2) is 4.98 Å². The molecule has 1 aromatic heterocycles. The molecular formula is C18H14ClN3O3S2. The molecule has 0 aliphatic carbocycles. The third-order valence-electron chi connectivity index (χ3n) is 3.60. The number of carbonyl (C=O) groups excluding carboxylic acids is 2. The van der Waals surface area contributed by atoms with Gasteiger partial charge in [0.15, 0.2) is 9.58 Å². The minimum Gasteiger partial charge on any atom is -0.488 e. The number of aromatic nitrogens is 1. The highest BCUT2D eigenvalue weighted by atomic mass is 35.5. The molecule has 9 heteroatoms. The highest BCUT2D eigenvalue weighted by Gasteiger charge is 2.32. The monoisotopic (exact) mass is 419 g/mol. The number of rotatable bonds is 6. The van der Waals surface area contributed by atoms with E-state index in [1.807, 2.05) is 0 Å². The van der Waals surface area contributed by atoms with Gasteiger partial charge in [0.25, 0.3) is 11.8 Å². The van der Waals surface area contributed by atoms with Gasteiger partial charge in [0.2, 0.25) is 0 Å². The molecule has 3 rings (SSSR count). The van der Waals surface area contributed by atoms with E-state index in [0.29, 0.717) is 22.4 Å². The van der Waals surface area contributed by atoms with Gasteiger partial charge in [-0.15, -0.1) is 17.9 Å². The van der Waals surface area contributed by atoms with Crippen molar-refractivity contribution in [2.45, 2.75) is 6.61 Å². The molecule has 2 heterocycles. The Morgan fingerprint density at radius 1 is 1.33 bits per heavy atom. The van der Waals surface area contributed by atoms with Crippen molar-refractivity contribution in [2.24, 2.45) is 0 Å². The van der Waals surface area contributed by atoms with E-state index in [9.17, 15) is 9.59 Å². The number of benzene rings is 1. The summed E-state index contributed by atoms with van der Waals surface area (Å²) in [6.45, 7) is 4.18.